The van der Waals surface area contributed by atoms with E-state index in [1.165, 1.54) is 40.1 Å². The van der Waals surface area contributed by atoms with Crippen LogP contribution in [-0.2, 0) is 13.0 Å². The van der Waals surface area contributed by atoms with Crippen LogP contribution in [0.1, 0.15) is 17.6 Å². The fourth-order valence-electron chi connectivity index (χ4n) is 1.86. The van der Waals surface area contributed by atoms with Gasteiger partial charge in [0, 0.05) is 6.07 Å². The van der Waals surface area contributed by atoms with Crippen LogP contribution in [0.25, 0.3) is 4.96 Å². The summed E-state index contributed by atoms with van der Waals surface area (Å²) in [6.45, 7) is 2.09. The zero-order valence-corrected chi connectivity index (χ0v) is 13.9. The van der Waals surface area contributed by atoms with E-state index in [0.29, 0.717) is 20.9 Å². The Bertz CT molecular complexity index is 893. The maximum atomic E-state index is 13.0. The Balaban J connectivity index is 1.86. The van der Waals surface area contributed by atoms with Crippen molar-refractivity contribution in [1.29, 1.82) is 0 Å². The number of benzene rings is 1. The normalized spacial score (nSPS) is 11.0. The van der Waals surface area contributed by atoms with Gasteiger partial charge in [0.05, 0.1) is 10.2 Å². The van der Waals surface area contributed by atoms with Crippen LogP contribution in [-0.4, -0.2) is 14.6 Å². The van der Waals surface area contributed by atoms with Crippen LogP contribution in [0.3, 0.4) is 0 Å². The molecule has 0 saturated carbocycles. The number of aryl methyl sites for hydroxylation is 1. The Morgan fingerprint density at radius 1 is 1.41 bits per heavy atom. The van der Waals surface area contributed by atoms with Crippen LogP contribution in [0.4, 0.5) is 4.39 Å². The van der Waals surface area contributed by atoms with Crippen LogP contribution in [0.2, 0.25) is 0 Å². The minimum atomic E-state index is -0.353. The van der Waals surface area contributed by atoms with Gasteiger partial charge in [0.25, 0.3) is 5.56 Å². The largest absolute Gasteiger partial charge is 0.486 e. The molecule has 0 amide bonds. The second kappa shape index (κ2) is 6.13. The van der Waals surface area contributed by atoms with E-state index in [0.717, 1.165) is 11.4 Å². The summed E-state index contributed by atoms with van der Waals surface area (Å²) in [6.07, 6.45) is 0.752. The molecular formula is C14H11BrFN3O2S. The van der Waals surface area contributed by atoms with Gasteiger partial charge in [0.2, 0.25) is 4.96 Å². The Hall–Kier alpha value is -1.80. The van der Waals surface area contributed by atoms with Gasteiger partial charge in [-0.25, -0.2) is 9.37 Å². The zero-order chi connectivity index (χ0) is 15.7. The Kier molecular flexibility index (Phi) is 4.21. The fraction of sp³-hybridized carbons (Fsp3) is 0.214. The van der Waals surface area contributed by atoms with Crippen molar-refractivity contribution in [2.75, 3.05) is 0 Å². The minimum absolute atomic E-state index is 0.120. The molecule has 22 heavy (non-hydrogen) atoms. The maximum Gasteiger partial charge on any atom is 0.275 e. The van der Waals surface area contributed by atoms with Gasteiger partial charge in [-0.3, -0.25) is 4.79 Å². The van der Waals surface area contributed by atoms with Gasteiger partial charge in [-0.1, -0.05) is 18.3 Å². The second-order valence-electron chi connectivity index (χ2n) is 4.49. The van der Waals surface area contributed by atoms with E-state index in [4.69, 9.17) is 4.74 Å². The molecule has 0 unspecified atom stereocenters. The molecule has 0 fully saturated rings. The zero-order valence-electron chi connectivity index (χ0n) is 11.5. The molecule has 0 aliphatic heterocycles. The third-order valence-corrected chi connectivity index (χ3v) is 4.58. The number of nitrogens with zero attached hydrogens (tertiary/aromatic N) is 3. The maximum absolute atomic E-state index is 13.0. The number of fused-ring (bicyclic) bond motifs is 1. The third kappa shape index (κ3) is 3.02. The highest BCUT2D eigenvalue weighted by atomic mass is 79.9. The van der Waals surface area contributed by atoms with Crippen molar-refractivity contribution < 1.29 is 9.13 Å². The highest BCUT2D eigenvalue weighted by Gasteiger charge is 2.09. The van der Waals surface area contributed by atoms with E-state index < -0.39 is 0 Å². The second-order valence-corrected chi connectivity index (χ2v) is 6.39. The van der Waals surface area contributed by atoms with E-state index in [2.05, 4.69) is 26.0 Å². The minimum Gasteiger partial charge on any atom is -0.486 e. The van der Waals surface area contributed by atoms with Crippen LogP contribution in [0.5, 0.6) is 5.75 Å². The quantitative estimate of drug-likeness (QED) is 0.693. The average molecular weight is 384 g/mol. The summed E-state index contributed by atoms with van der Waals surface area (Å²) >= 11 is 4.61. The summed E-state index contributed by atoms with van der Waals surface area (Å²) in [5, 5.41) is 5.04. The smallest absolute Gasteiger partial charge is 0.275 e. The van der Waals surface area contributed by atoms with Gasteiger partial charge in [0.1, 0.15) is 23.2 Å². The summed E-state index contributed by atoms with van der Waals surface area (Å²) < 4.78 is 20.4. The Labute approximate surface area is 137 Å². The van der Waals surface area contributed by atoms with Gasteiger partial charge in [0.15, 0.2) is 0 Å². The van der Waals surface area contributed by atoms with E-state index in [1.54, 1.807) is 0 Å². The molecule has 0 atom stereocenters. The van der Waals surface area contributed by atoms with Crippen LogP contribution in [0, 0.1) is 5.82 Å². The molecule has 0 aliphatic carbocycles. The average Bonchev–Trinajstić information content (AvgIpc) is 2.90. The first kappa shape index (κ1) is 15.1. The molecule has 3 rings (SSSR count). The third-order valence-electron chi connectivity index (χ3n) is 2.91. The lowest BCUT2D eigenvalue weighted by Gasteiger charge is -2.07. The van der Waals surface area contributed by atoms with E-state index in [1.807, 2.05) is 6.92 Å². The Morgan fingerprint density at radius 3 is 2.95 bits per heavy atom. The first-order valence-corrected chi connectivity index (χ1v) is 8.14. The van der Waals surface area contributed by atoms with Crippen LogP contribution in [0.15, 0.2) is 33.5 Å². The van der Waals surface area contributed by atoms with Crippen molar-refractivity contribution in [2.24, 2.45) is 0 Å². The fourth-order valence-corrected chi connectivity index (χ4v) is 3.18. The number of rotatable bonds is 4. The first-order chi connectivity index (χ1) is 10.6. The van der Waals surface area contributed by atoms with Crippen LogP contribution >= 0.6 is 27.3 Å². The highest BCUT2D eigenvalue weighted by molar-refractivity contribution is 9.10. The van der Waals surface area contributed by atoms with Crippen molar-refractivity contribution in [2.45, 2.75) is 20.0 Å². The monoisotopic (exact) mass is 383 g/mol. The lowest BCUT2D eigenvalue weighted by atomic mass is 10.3. The molecular weight excluding hydrogens is 373 g/mol. The van der Waals surface area contributed by atoms with Crippen molar-refractivity contribution in [3.63, 3.8) is 0 Å². The summed E-state index contributed by atoms with van der Waals surface area (Å²) in [5.74, 6) is 0.135. The van der Waals surface area contributed by atoms with Gasteiger partial charge in [-0.2, -0.15) is 9.61 Å². The van der Waals surface area contributed by atoms with Crippen molar-refractivity contribution >= 4 is 32.2 Å². The number of hydrogen-bond donors (Lipinski definition) is 0. The molecule has 0 radical (unpaired) electrons. The highest BCUT2D eigenvalue weighted by Crippen LogP contribution is 2.26. The van der Waals surface area contributed by atoms with Gasteiger partial charge >= 0.3 is 0 Å². The number of hydrogen-bond acceptors (Lipinski definition) is 5. The SMILES string of the molecule is CCc1nn2c(=O)cc(COc3ccc(F)cc3Br)nc2s1. The van der Waals surface area contributed by atoms with E-state index >= 15 is 0 Å². The molecule has 0 spiro atoms. The lowest BCUT2D eigenvalue weighted by Crippen LogP contribution is -2.16. The molecule has 114 valence electrons. The molecule has 3 aromatic rings. The van der Waals surface area contributed by atoms with Crippen molar-refractivity contribution in [3.05, 3.63) is 55.6 Å². The van der Waals surface area contributed by atoms with Gasteiger partial charge < -0.3 is 4.74 Å². The molecule has 0 saturated heterocycles. The Morgan fingerprint density at radius 2 is 2.23 bits per heavy atom. The number of ether oxygens (including phenoxy) is 1. The number of halogens is 2. The van der Waals surface area contributed by atoms with Crippen molar-refractivity contribution in [3.8, 4) is 5.75 Å². The predicted molar refractivity (Wildman–Crippen MR) is 84.9 cm³/mol. The van der Waals surface area contributed by atoms with Crippen LogP contribution < -0.4 is 10.3 Å². The molecule has 0 N–H and O–H groups in total. The summed E-state index contributed by atoms with van der Waals surface area (Å²) in [5.41, 5.74) is 0.269. The van der Waals surface area contributed by atoms with E-state index in [-0.39, 0.29) is 18.0 Å². The van der Waals surface area contributed by atoms with Gasteiger partial charge in [-0.05, 0) is 40.5 Å². The van der Waals surface area contributed by atoms with Gasteiger partial charge in [-0.15, -0.1) is 0 Å². The number of aromatic nitrogens is 3. The summed E-state index contributed by atoms with van der Waals surface area (Å²) in [7, 11) is 0. The molecule has 8 heteroatoms. The molecule has 0 aliphatic rings. The topological polar surface area (TPSA) is 56.5 Å². The lowest BCUT2D eigenvalue weighted by molar-refractivity contribution is 0.299. The standard InChI is InChI=1S/C14H11BrFN3O2S/c1-2-12-18-19-13(20)6-9(17-14(19)22-12)7-21-11-4-3-8(16)5-10(11)15/h3-6H,2,7H2,1H3. The molecule has 2 heterocycles. The first-order valence-electron chi connectivity index (χ1n) is 6.53. The predicted octanol–water partition coefficient (Wildman–Crippen LogP) is 3.19. The molecule has 1 aromatic carbocycles. The molecule has 0 bridgehead atoms. The molecule has 5 nitrogen and oxygen atoms in total. The molecule has 2 aromatic heterocycles. The van der Waals surface area contributed by atoms with E-state index in [9.17, 15) is 9.18 Å². The van der Waals surface area contributed by atoms with Crippen molar-refractivity contribution in [1.82, 2.24) is 14.6 Å². The summed E-state index contributed by atoms with van der Waals surface area (Å²) in [4.78, 5) is 16.9. The summed E-state index contributed by atoms with van der Waals surface area (Å²) in [6, 6.07) is 5.54.